The molecule has 102 valence electrons. The maximum atomic E-state index is 8.55. The van der Waals surface area contributed by atoms with Crippen LogP contribution in [-0.2, 0) is 4.74 Å². The SMILES string of the molecule is COc1cc([C@@H](C)N)ccc1OCCOCCO. The third kappa shape index (κ3) is 4.52. The van der Waals surface area contributed by atoms with Crippen molar-refractivity contribution < 1.29 is 19.3 Å². The molecule has 0 bridgehead atoms. The Hall–Kier alpha value is -1.30. The molecule has 0 aromatic heterocycles. The summed E-state index contributed by atoms with van der Waals surface area (Å²) in [7, 11) is 1.59. The molecule has 0 unspecified atom stereocenters. The zero-order chi connectivity index (χ0) is 13.4. The number of hydrogen-bond donors (Lipinski definition) is 2. The van der Waals surface area contributed by atoms with E-state index in [-0.39, 0.29) is 12.6 Å². The normalized spacial score (nSPS) is 12.2. The average Bonchev–Trinajstić information content (AvgIpc) is 2.38. The van der Waals surface area contributed by atoms with Crippen molar-refractivity contribution in [1.29, 1.82) is 0 Å². The predicted molar refractivity (Wildman–Crippen MR) is 69.0 cm³/mol. The van der Waals surface area contributed by atoms with E-state index in [4.69, 9.17) is 25.1 Å². The van der Waals surface area contributed by atoms with E-state index in [0.717, 1.165) is 5.56 Å². The van der Waals surface area contributed by atoms with Crippen LogP contribution in [0, 0.1) is 0 Å². The zero-order valence-corrected chi connectivity index (χ0v) is 10.9. The van der Waals surface area contributed by atoms with E-state index in [2.05, 4.69) is 0 Å². The Bertz CT molecular complexity index is 355. The Morgan fingerprint density at radius 2 is 2.00 bits per heavy atom. The van der Waals surface area contributed by atoms with Gasteiger partial charge in [-0.2, -0.15) is 0 Å². The van der Waals surface area contributed by atoms with Crippen molar-refractivity contribution in [1.82, 2.24) is 0 Å². The van der Waals surface area contributed by atoms with Gasteiger partial charge in [-0.15, -0.1) is 0 Å². The lowest BCUT2D eigenvalue weighted by Gasteiger charge is -2.13. The second-order valence-corrected chi connectivity index (χ2v) is 3.88. The van der Waals surface area contributed by atoms with E-state index < -0.39 is 0 Å². The van der Waals surface area contributed by atoms with Gasteiger partial charge in [0.05, 0.1) is 26.9 Å². The fourth-order valence-electron chi connectivity index (χ4n) is 1.46. The van der Waals surface area contributed by atoms with Crippen LogP contribution in [0.25, 0.3) is 0 Å². The number of benzene rings is 1. The van der Waals surface area contributed by atoms with E-state index in [1.165, 1.54) is 0 Å². The summed E-state index contributed by atoms with van der Waals surface area (Å²) in [5.74, 6) is 1.32. The zero-order valence-electron chi connectivity index (χ0n) is 10.9. The van der Waals surface area contributed by atoms with Gasteiger partial charge in [0.2, 0.25) is 0 Å². The molecule has 0 saturated heterocycles. The minimum atomic E-state index is -0.0409. The van der Waals surface area contributed by atoms with Crippen LogP contribution in [0.4, 0.5) is 0 Å². The molecule has 0 aliphatic rings. The maximum absolute atomic E-state index is 8.55. The van der Waals surface area contributed by atoms with Crippen LogP contribution in [0.15, 0.2) is 18.2 Å². The van der Waals surface area contributed by atoms with Crippen LogP contribution in [0.3, 0.4) is 0 Å². The van der Waals surface area contributed by atoms with E-state index in [0.29, 0.717) is 31.3 Å². The maximum Gasteiger partial charge on any atom is 0.161 e. The highest BCUT2D eigenvalue weighted by Gasteiger charge is 2.07. The molecule has 0 spiro atoms. The van der Waals surface area contributed by atoms with Crippen molar-refractivity contribution in [2.75, 3.05) is 33.5 Å². The third-order valence-electron chi connectivity index (χ3n) is 2.43. The van der Waals surface area contributed by atoms with E-state index in [1.807, 2.05) is 25.1 Å². The van der Waals surface area contributed by atoms with E-state index in [1.54, 1.807) is 7.11 Å². The van der Waals surface area contributed by atoms with Gasteiger partial charge >= 0.3 is 0 Å². The number of aliphatic hydroxyl groups is 1. The highest BCUT2D eigenvalue weighted by atomic mass is 16.5. The van der Waals surface area contributed by atoms with Crippen LogP contribution in [0.1, 0.15) is 18.5 Å². The van der Waals surface area contributed by atoms with Crippen molar-refractivity contribution in [2.45, 2.75) is 13.0 Å². The topological polar surface area (TPSA) is 73.9 Å². The lowest BCUT2D eigenvalue weighted by molar-refractivity contribution is 0.0699. The Morgan fingerprint density at radius 3 is 2.61 bits per heavy atom. The molecule has 1 atom stereocenters. The number of aliphatic hydroxyl groups excluding tert-OH is 1. The van der Waals surface area contributed by atoms with Gasteiger partial charge in [-0.25, -0.2) is 0 Å². The van der Waals surface area contributed by atoms with Crippen LogP contribution in [0.5, 0.6) is 11.5 Å². The highest BCUT2D eigenvalue weighted by Crippen LogP contribution is 2.29. The second kappa shape index (κ2) is 7.92. The molecule has 1 rings (SSSR count). The van der Waals surface area contributed by atoms with Crippen LogP contribution in [-0.4, -0.2) is 38.6 Å². The first-order chi connectivity index (χ1) is 8.69. The van der Waals surface area contributed by atoms with Gasteiger partial charge in [0.25, 0.3) is 0 Å². The fraction of sp³-hybridized carbons (Fsp3) is 0.538. The van der Waals surface area contributed by atoms with Gasteiger partial charge in [-0.3, -0.25) is 0 Å². The average molecular weight is 255 g/mol. The quantitative estimate of drug-likeness (QED) is 0.680. The molecule has 0 radical (unpaired) electrons. The summed E-state index contributed by atoms with van der Waals surface area (Å²) in [4.78, 5) is 0. The van der Waals surface area contributed by atoms with Gasteiger partial charge in [0.1, 0.15) is 6.61 Å². The Balaban J connectivity index is 2.54. The summed E-state index contributed by atoms with van der Waals surface area (Å²) < 4.78 is 15.9. The van der Waals surface area contributed by atoms with Crippen LogP contribution >= 0.6 is 0 Å². The molecule has 3 N–H and O–H groups in total. The third-order valence-corrected chi connectivity index (χ3v) is 2.43. The molecule has 5 heteroatoms. The molecule has 0 heterocycles. The summed E-state index contributed by atoms with van der Waals surface area (Å²) in [5, 5.41) is 8.55. The summed E-state index contributed by atoms with van der Waals surface area (Å²) >= 11 is 0. The van der Waals surface area contributed by atoms with Crippen LogP contribution < -0.4 is 15.2 Å². The molecule has 0 aliphatic carbocycles. The van der Waals surface area contributed by atoms with Crippen molar-refractivity contribution >= 4 is 0 Å². The molecule has 0 fully saturated rings. The molecular weight excluding hydrogens is 234 g/mol. The van der Waals surface area contributed by atoms with Gasteiger partial charge in [0.15, 0.2) is 11.5 Å². The molecule has 18 heavy (non-hydrogen) atoms. The second-order valence-electron chi connectivity index (χ2n) is 3.88. The summed E-state index contributed by atoms with van der Waals surface area (Å²) in [6.07, 6.45) is 0. The summed E-state index contributed by atoms with van der Waals surface area (Å²) in [5.41, 5.74) is 6.80. The molecule has 1 aromatic carbocycles. The Labute approximate surface area is 107 Å². The molecule has 5 nitrogen and oxygen atoms in total. The molecular formula is C13H21NO4. The number of ether oxygens (including phenoxy) is 3. The highest BCUT2D eigenvalue weighted by molar-refractivity contribution is 5.43. The number of rotatable bonds is 8. The Kier molecular flexibility index (Phi) is 6.49. The van der Waals surface area contributed by atoms with Crippen LogP contribution in [0.2, 0.25) is 0 Å². The van der Waals surface area contributed by atoms with E-state index >= 15 is 0 Å². The van der Waals surface area contributed by atoms with Gasteiger partial charge < -0.3 is 25.1 Å². The molecule has 0 amide bonds. The minimum Gasteiger partial charge on any atom is -0.493 e. The lowest BCUT2D eigenvalue weighted by Crippen LogP contribution is -2.10. The molecule has 0 saturated carbocycles. The first kappa shape index (κ1) is 14.8. The monoisotopic (exact) mass is 255 g/mol. The van der Waals surface area contributed by atoms with Gasteiger partial charge in [-0.1, -0.05) is 6.07 Å². The van der Waals surface area contributed by atoms with E-state index in [9.17, 15) is 0 Å². The van der Waals surface area contributed by atoms with Gasteiger partial charge in [0, 0.05) is 6.04 Å². The molecule has 1 aromatic rings. The minimum absolute atomic E-state index is 0.0202. The van der Waals surface area contributed by atoms with Crippen molar-refractivity contribution in [2.24, 2.45) is 5.73 Å². The summed E-state index contributed by atoms with van der Waals surface area (Å²) in [6.45, 7) is 3.10. The molecule has 0 aliphatic heterocycles. The largest absolute Gasteiger partial charge is 0.493 e. The number of nitrogens with two attached hydrogens (primary N) is 1. The fourth-order valence-corrected chi connectivity index (χ4v) is 1.46. The standard InChI is InChI=1S/C13H21NO4/c1-10(14)11-3-4-12(13(9-11)16-2)18-8-7-17-6-5-15/h3-4,9-10,15H,5-8,14H2,1-2H3/t10-/m1/s1. The first-order valence-electron chi connectivity index (χ1n) is 5.94. The number of methoxy groups -OCH3 is 1. The van der Waals surface area contributed by atoms with Crippen molar-refractivity contribution in [3.05, 3.63) is 23.8 Å². The van der Waals surface area contributed by atoms with Crippen molar-refractivity contribution in [3.63, 3.8) is 0 Å². The lowest BCUT2D eigenvalue weighted by atomic mass is 10.1. The number of hydrogen-bond acceptors (Lipinski definition) is 5. The van der Waals surface area contributed by atoms with Gasteiger partial charge in [-0.05, 0) is 24.6 Å². The summed E-state index contributed by atoms with van der Waals surface area (Å²) in [6, 6.07) is 5.58. The Morgan fingerprint density at radius 1 is 1.22 bits per heavy atom. The smallest absolute Gasteiger partial charge is 0.161 e. The predicted octanol–water partition coefficient (Wildman–Crippen LogP) is 1.10. The van der Waals surface area contributed by atoms with Crippen molar-refractivity contribution in [3.8, 4) is 11.5 Å². The first-order valence-corrected chi connectivity index (χ1v) is 5.94.